The Morgan fingerprint density at radius 2 is 2.16 bits per heavy atom. The number of methoxy groups -OCH3 is 1. The first-order valence-electron chi connectivity index (χ1n) is 6.18. The third-order valence-electron chi connectivity index (χ3n) is 3.35. The molecule has 0 unspecified atom stereocenters. The van der Waals surface area contributed by atoms with E-state index in [9.17, 15) is 0 Å². The Kier molecular flexibility index (Phi) is 2.97. The average molecular weight is 276 g/mol. The number of rotatable bonds is 4. The summed E-state index contributed by atoms with van der Waals surface area (Å²) < 4.78 is 5.34. The van der Waals surface area contributed by atoms with Crippen molar-refractivity contribution in [1.29, 1.82) is 0 Å². The van der Waals surface area contributed by atoms with Crippen molar-refractivity contribution in [2.45, 2.75) is 30.5 Å². The van der Waals surface area contributed by atoms with E-state index < -0.39 is 0 Å². The van der Waals surface area contributed by atoms with Gasteiger partial charge >= 0.3 is 0 Å². The molecular weight excluding hydrogens is 260 g/mol. The lowest BCUT2D eigenvalue weighted by Gasteiger charge is -2.16. The summed E-state index contributed by atoms with van der Waals surface area (Å²) in [6.45, 7) is 2.20. The van der Waals surface area contributed by atoms with Crippen LogP contribution in [-0.4, -0.2) is 33.9 Å². The van der Waals surface area contributed by atoms with E-state index in [-0.39, 0.29) is 5.54 Å². The number of pyridine rings is 1. The molecule has 2 aromatic rings. The molecule has 0 radical (unpaired) electrons. The summed E-state index contributed by atoms with van der Waals surface area (Å²) in [4.78, 5) is 13.3. The van der Waals surface area contributed by atoms with Gasteiger partial charge < -0.3 is 10.1 Å². The smallest absolute Gasteiger partial charge is 0.226 e. The third kappa shape index (κ3) is 2.32. The maximum absolute atomic E-state index is 5.34. The van der Waals surface area contributed by atoms with Gasteiger partial charge in [-0.15, -0.1) is 0 Å². The molecule has 1 N–H and O–H groups in total. The molecule has 1 saturated carbocycles. The molecule has 1 aliphatic rings. The Hall–Kier alpha value is -1.56. The van der Waals surface area contributed by atoms with Crippen molar-refractivity contribution in [3.8, 4) is 5.88 Å². The number of ether oxygens (including phenoxy) is 1. The Bertz CT molecular complexity index is 627. The number of anilines is 1. The number of aromatic nitrogens is 3. The molecule has 0 spiro atoms. The second-order valence-corrected chi connectivity index (χ2v) is 5.73. The topological polar surface area (TPSA) is 59.9 Å². The number of nitrogens with zero attached hydrogens (tertiary/aromatic N) is 3. The summed E-state index contributed by atoms with van der Waals surface area (Å²) in [6.07, 6.45) is 6.01. The Morgan fingerprint density at radius 3 is 2.79 bits per heavy atom. The third-order valence-corrected chi connectivity index (χ3v) is 3.90. The standard InChI is InChI=1S/C13H16N4OS/c1-13(5-6-13)17-10-9-8(15-12(16-10)19-3)4-7-14-11(9)18-2/h4,7H,5-6H2,1-3H3,(H,15,16,17). The van der Waals surface area contributed by atoms with E-state index in [1.807, 2.05) is 12.3 Å². The van der Waals surface area contributed by atoms with Crippen LogP contribution in [0.4, 0.5) is 5.82 Å². The lowest BCUT2D eigenvalue weighted by atomic mass is 10.2. The highest BCUT2D eigenvalue weighted by molar-refractivity contribution is 7.98. The molecular formula is C13H16N4OS. The van der Waals surface area contributed by atoms with Crippen LogP contribution < -0.4 is 10.1 Å². The molecule has 3 rings (SSSR count). The first-order chi connectivity index (χ1) is 9.15. The Balaban J connectivity index is 2.20. The summed E-state index contributed by atoms with van der Waals surface area (Å²) in [5.74, 6) is 1.39. The van der Waals surface area contributed by atoms with Crippen LogP contribution in [0.2, 0.25) is 0 Å². The van der Waals surface area contributed by atoms with Gasteiger partial charge in [-0.3, -0.25) is 0 Å². The summed E-state index contributed by atoms with van der Waals surface area (Å²) in [7, 11) is 1.62. The van der Waals surface area contributed by atoms with Crippen LogP contribution in [0.15, 0.2) is 17.4 Å². The molecule has 2 aromatic heterocycles. The van der Waals surface area contributed by atoms with Gasteiger partial charge in [0.05, 0.1) is 12.6 Å². The molecule has 0 saturated heterocycles. The normalized spacial score (nSPS) is 16.4. The fourth-order valence-electron chi connectivity index (χ4n) is 1.96. The van der Waals surface area contributed by atoms with Crippen LogP contribution in [-0.2, 0) is 0 Å². The maximum Gasteiger partial charge on any atom is 0.226 e. The zero-order chi connectivity index (χ0) is 13.5. The van der Waals surface area contributed by atoms with Crippen molar-refractivity contribution in [1.82, 2.24) is 15.0 Å². The molecule has 0 aliphatic heterocycles. The Labute approximate surface area is 116 Å². The maximum atomic E-state index is 5.34. The van der Waals surface area contributed by atoms with Crippen molar-refractivity contribution in [2.24, 2.45) is 0 Å². The van der Waals surface area contributed by atoms with E-state index in [0.29, 0.717) is 5.88 Å². The SMILES string of the molecule is COc1nccc2nc(SC)nc(NC3(C)CC3)c12. The molecule has 1 fully saturated rings. The predicted octanol–water partition coefficient (Wildman–Crippen LogP) is 2.72. The van der Waals surface area contributed by atoms with E-state index >= 15 is 0 Å². The number of fused-ring (bicyclic) bond motifs is 1. The lowest BCUT2D eigenvalue weighted by Crippen LogP contribution is -2.18. The fourth-order valence-corrected chi connectivity index (χ4v) is 2.34. The minimum atomic E-state index is 0.151. The quantitative estimate of drug-likeness (QED) is 0.684. The first-order valence-corrected chi connectivity index (χ1v) is 7.40. The van der Waals surface area contributed by atoms with Crippen molar-refractivity contribution in [3.05, 3.63) is 12.3 Å². The van der Waals surface area contributed by atoms with Crippen LogP contribution in [0.25, 0.3) is 10.9 Å². The minimum absolute atomic E-state index is 0.151. The van der Waals surface area contributed by atoms with Gasteiger partial charge in [-0.05, 0) is 32.1 Å². The zero-order valence-electron chi connectivity index (χ0n) is 11.2. The van der Waals surface area contributed by atoms with Crippen LogP contribution in [0, 0.1) is 0 Å². The van der Waals surface area contributed by atoms with Gasteiger partial charge in [0.1, 0.15) is 11.2 Å². The van der Waals surface area contributed by atoms with E-state index in [4.69, 9.17) is 4.74 Å². The fraction of sp³-hybridized carbons (Fsp3) is 0.462. The molecule has 0 amide bonds. The van der Waals surface area contributed by atoms with Gasteiger partial charge in [0.15, 0.2) is 5.16 Å². The van der Waals surface area contributed by atoms with Crippen molar-refractivity contribution < 1.29 is 4.74 Å². The second-order valence-electron chi connectivity index (χ2n) is 4.96. The number of thioether (sulfide) groups is 1. The van der Waals surface area contributed by atoms with Gasteiger partial charge in [-0.25, -0.2) is 15.0 Å². The van der Waals surface area contributed by atoms with Crippen LogP contribution >= 0.6 is 11.8 Å². The van der Waals surface area contributed by atoms with E-state index in [2.05, 4.69) is 27.2 Å². The van der Waals surface area contributed by atoms with E-state index in [1.165, 1.54) is 11.8 Å². The predicted molar refractivity (Wildman–Crippen MR) is 76.9 cm³/mol. The van der Waals surface area contributed by atoms with Crippen LogP contribution in [0.3, 0.4) is 0 Å². The summed E-state index contributed by atoms with van der Waals surface area (Å²) >= 11 is 1.53. The number of hydrogen-bond donors (Lipinski definition) is 1. The first kappa shape index (κ1) is 12.5. The molecule has 5 nitrogen and oxygen atoms in total. The summed E-state index contributed by atoms with van der Waals surface area (Å²) in [6, 6.07) is 1.89. The molecule has 0 bridgehead atoms. The molecule has 1 aliphatic carbocycles. The van der Waals surface area contributed by atoms with Gasteiger partial charge in [0, 0.05) is 11.7 Å². The molecule has 2 heterocycles. The molecule has 100 valence electrons. The van der Waals surface area contributed by atoms with Crippen LogP contribution in [0.5, 0.6) is 5.88 Å². The highest BCUT2D eigenvalue weighted by atomic mass is 32.2. The highest BCUT2D eigenvalue weighted by Crippen LogP contribution is 2.40. The van der Waals surface area contributed by atoms with Gasteiger partial charge in [0.2, 0.25) is 5.88 Å². The summed E-state index contributed by atoms with van der Waals surface area (Å²) in [5, 5.41) is 5.11. The van der Waals surface area contributed by atoms with Crippen molar-refractivity contribution in [2.75, 3.05) is 18.7 Å². The van der Waals surface area contributed by atoms with Gasteiger partial charge in [-0.1, -0.05) is 11.8 Å². The molecule has 0 aromatic carbocycles. The highest BCUT2D eigenvalue weighted by Gasteiger charge is 2.38. The lowest BCUT2D eigenvalue weighted by molar-refractivity contribution is 0.403. The molecule has 0 atom stereocenters. The van der Waals surface area contributed by atoms with Crippen LogP contribution in [0.1, 0.15) is 19.8 Å². The second kappa shape index (κ2) is 4.52. The minimum Gasteiger partial charge on any atom is -0.480 e. The average Bonchev–Trinajstić information content (AvgIpc) is 3.15. The van der Waals surface area contributed by atoms with E-state index in [0.717, 1.165) is 34.7 Å². The van der Waals surface area contributed by atoms with Gasteiger partial charge in [0.25, 0.3) is 0 Å². The molecule has 6 heteroatoms. The van der Waals surface area contributed by atoms with E-state index in [1.54, 1.807) is 13.3 Å². The van der Waals surface area contributed by atoms with Gasteiger partial charge in [-0.2, -0.15) is 0 Å². The zero-order valence-corrected chi connectivity index (χ0v) is 12.0. The largest absolute Gasteiger partial charge is 0.480 e. The monoisotopic (exact) mass is 276 g/mol. The number of hydrogen-bond acceptors (Lipinski definition) is 6. The Morgan fingerprint density at radius 1 is 1.37 bits per heavy atom. The number of nitrogens with one attached hydrogen (secondary N) is 1. The summed E-state index contributed by atoms with van der Waals surface area (Å²) in [5.41, 5.74) is 1.01. The van der Waals surface area contributed by atoms with Crippen molar-refractivity contribution in [3.63, 3.8) is 0 Å². The molecule has 19 heavy (non-hydrogen) atoms. The van der Waals surface area contributed by atoms with Crippen molar-refractivity contribution >= 4 is 28.5 Å².